The van der Waals surface area contributed by atoms with Crippen LogP contribution < -0.4 is 0 Å². The Morgan fingerprint density at radius 3 is 2.56 bits per heavy atom. The van der Waals surface area contributed by atoms with Gasteiger partial charge in [0.25, 0.3) is 0 Å². The molecule has 0 spiro atoms. The van der Waals surface area contributed by atoms with Crippen LogP contribution in [0, 0.1) is 0 Å². The van der Waals surface area contributed by atoms with Gasteiger partial charge in [0.05, 0.1) is 22.2 Å². The van der Waals surface area contributed by atoms with Crippen molar-refractivity contribution in [1.29, 1.82) is 0 Å². The highest BCUT2D eigenvalue weighted by Gasteiger charge is 2.42. The average Bonchev–Trinajstić information content (AvgIpc) is 3.40. The highest BCUT2D eigenvalue weighted by Crippen LogP contribution is 2.41. The van der Waals surface area contributed by atoms with Gasteiger partial charge >= 0.3 is 6.09 Å². The van der Waals surface area contributed by atoms with E-state index >= 15 is 0 Å². The second kappa shape index (κ2) is 9.93. The quantitative estimate of drug-likeness (QED) is 0.432. The van der Waals surface area contributed by atoms with Crippen LogP contribution in [0.5, 0.6) is 0 Å². The molecule has 2 aliphatic rings. The molecule has 1 aliphatic heterocycles. The van der Waals surface area contributed by atoms with Crippen LogP contribution >= 0.6 is 11.6 Å². The number of aromatic nitrogens is 1. The van der Waals surface area contributed by atoms with E-state index in [0.717, 1.165) is 18.4 Å². The topological polar surface area (TPSA) is 71.8 Å². The number of nitrogens with zero attached hydrogens (tertiary/aromatic N) is 2. The minimum atomic E-state index is -2.75. The van der Waals surface area contributed by atoms with Gasteiger partial charge in [0.1, 0.15) is 5.60 Å². The summed E-state index contributed by atoms with van der Waals surface area (Å²) < 4.78 is 34.6. The lowest BCUT2D eigenvalue weighted by Crippen LogP contribution is -2.41. The lowest BCUT2D eigenvalue weighted by molar-refractivity contribution is -0.105. The molecule has 9 heteroatoms. The second-order valence-corrected chi connectivity index (χ2v) is 11.7. The smallest absolute Gasteiger partial charge is 0.410 e. The van der Waals surface area contributed by atoms with Crippen LogP contribution in [0.2, 0.25) is 5.02 Å². The highest BCUT2D eigenvalue weighted by atomic mass is 35.5. The van der Waals surface area contributed by atoms with E-state index in [1.807, 2.05) is 37.5 Å². The molecule has 2 heterocycles. The molecule has 1 saturated heterocycles. The number of benzene rings is 1. The standard InChI is InChI=1S/C27H35ClF2N2O4/c1-25(2,3)36-24(34)32-15-5-6-18(32)16-31-17-19(23-20(28)7-4-8-21(23)31)22(33)9-10-26(35)11-13-27(29,30)14-12-26/h4,7-8,17-18,35H,5-6,9-16H2,1-3H3/t18-/m0/s1. The zero-order chi connectivity index (χ0) is 26.3. The number of fused-ring (bicyclic) bond motifs is 1. The van der Waals surface area contributed by atoms with Crippen LogP contribution in [-0.4, -0.2) is 56.2 Å². The van der Waals surface area contributed by atoms with Crippen molar-refractivity contribution in [3.8, 4) is 0 Å². The van der Waals surface area contributed by atoms with Gasteiger partial charge in [-0.3, -0.25) is 4.79 Å². The molecule has 1 aromatic carbocycles. The minimum Gasteiger partial charge on any atom is -0.444 e. The number of likely N-dealkylation sites (tertiary alicyclic amines) is 1. The van der Waals surface area contributed by atoms with Crippen LogP contribution in [0.25, 0.3) is 10.9 Å². The molecule has 1 aliphatic carbocycles. The molecule has 4 rings (SSSR count). The van der Waals surface area contributed by atoms with Crippen LogP contribution in [0.4, 0.5) is 13.6 Å². The molecule has 36 heavy (non-hydrogen) atoms. The fourth-order valence-electron chi connectivity index (χ4n) is 5.30. The van der Waals surface area contributed by atoms with Crippen molar-refractivity contribution in [3.05, 3.63) is 35.0 Å². The van der Waals surface area contributed by atoms with Crippen LogP contribution in [0.3, 0.4) is 0 Å². The molecule has 0 radical (unpaired) electrons. The van der Waals surface area contributed by atoms with Crippen LogP contribution in [0.1, 0.15) is 82.5 Å². The number of ketones is 1. The van der Waals surface area contributed by atoms with Gasteiger partial charge in [-0.15, -0.1) is 0 Å². The van der Waals surface area contributed by atoms with E-state index in [1.165, 1.54) is 0 Å². The number of hydrogen-bond acceptors (Lipinski definition) is 4. The predicted octanol–water partition coefficient (Wildman–Crippen LogP) is 6.60. The third-order valence-electron chi connectivity index (χ3n) is 7.30. The molecule has 6 nitrogen and oxygen atoms in total. The number of alkyl halides is 2. The van der Waals surface area contributed by atoms with Crippen LogP contribution in [-0.2, 0) is 11.3 Å². The third kappa shape index (κ3) is 6.02. The molecule has 2 aromatic rings. The first-order chi connectivity index (χ1) is 16.8. The molecule has 1 atom stereocenters. The Bertz CT molecular complexity index is 1130. The van der Waals surface area contributed by atoms with Gasteiger partial charge in [0.2, 0.25) is 5.92 Å². The van der Waals surface area contributed by atoms with Crippen LogP contribution in [0.15, 0.2) is 24.4 Å². The summed E-state index contributed by atoms with van der Waals surface area (Å²) in [5.41, 5.74) is -0.604. The molecule has 0 unspecified atom stereocenters. The van der Waals surface area contributed by atoms with Crippen molar-refractivity contribution in [3.63, 3.8) is 0 Å². The Hall–Kier alpha value is -2.19. The van der Waals surface area contributed by atoms with Gasteiger partial charge in [-0.05, 0) is 65.0 Å². The van der Waals surface area contributed by atoms with Gasteiger partial charge in [0, 0.05) is 49.5 Å². The number of rotatable bonds is 6. The SMILES string of the molecule is CC(C)(C)OC(=O)N1CCC[C@H]1Cn1cc(C(=O)CCC2(O)CCC(F)(F)CC2)c2c(Cl)cccc21. The molecule has 198 valence electrons. The summed E-state index contributed by atoms with van der Waals surface area (Å²) in [5.74, 6) is -2.93. The van der Waals surface area contributed by atoms with Gasteiger partial charge in [-0.25, -0.2) is 13.6 Å². The van der Waals surface area contributed by atoms with Crippen molar-refractivity contribution in [2.24, 2.45) is 0 Å². The molecular formula is C27H35ClF2N2O4. The number of amides is 1. The van der Waals surface area contributed by atoms with Crippen molar-refractivity contribution in [1.82, 2.24) is 9.47 Å². The first-order valence-corrected chi connectivity index (χ1v) is 13.1. The molecule has 1 amide bonds. The summed E-state index contributed by atoms with van der Waals surface area (Å²) in [6, 6.07) is 5.36. The lowest BCUT2D eigenvalue weighted by atomic mass is 9.79. The summed E-state index contributed by atoms with van der Waals surface area (Å²) in [5, 5.41) is 11.8. The Balaban J connectivity index is 1.53. The van der Waals surface area contributed by atoms with E-state index in [1.54, 1.807) is 17.2 Å². The summed E-state index contributed by atoms with van der Waals surface area (Å²) in [4.78, 5) is 27.8. The normalized spacial score (nSPS) is 21.6. The van der Waals surface area contributed by atoms with Crippen molar-refractivity contribution < 1.29 is 28.2 Å². The fourth-order valence-corrected chi connectivity index (χ4v) is 5.57. The maximum atomic E-state index is 13.5. The van der Waals surface area contributed by atoms with Gasteiger partial charge in [0.15, 0.2) is 5.78 Å². The summed E-state index contributed by atoms with van der Waals surface area (Å²) in [7, 11) is 0. The fraction of sp³-hybridized carbons (Fsp3) is 0.630. The van der Waals surface area contributed by atoms with E-state index in [0.29, 0.717) is 29.1 Å². The molecule has 0 bridgehead atoms. The van der Waals surface area contributed by atoms with Crippen molar-refractivity contribution >= 4 is 34.4 Å². The number of carbonyl (C=O) groups excluding carboxylic acids is 2. The van der Waals surface area contributed by atoms with Crippen molar-refractivity contribution in [2.75, 3.05) is 6.54 Å². The average molecular weight is 525 g/mol. The summed E-state index contributed by atoms with van der Waals surface area (Å²) in [6.45, 7) is 6.62. The number of hydrogen-bond donors (Lipinski definition) is 1. The molecule has 1 aromatic heterocycles. The maximum Gasteiger partial charge on any atom is 0.410 e. The summed E-state index contributed by atoms with van der Waals surface area (Å²) in [6.07, 6.45) is 2.53. The molecule has 2 fully saturated rings. The number of ether oxygens (including phenoxy) is 1. The minimum absolute atomic E-state index is 0.0159. The summed E-state index contributed by atoms with van der Waals surface area (Å²) >= 11 is 6.51. The Kier molecular flexibility index (Phi) is 7.41. The number of Topliss-reactive ketones (excluding diaryl/α,β-unsaturated/α-hetero) is 1. The Morgan fingerprint density at radius 2 is 1.89 bits per heavy atom. The van der Waals surface area contributed by atoms with E-state index < -0.39 is 17.1 Å². The third-order valence-corrected chi connectivity index (χ3v) is 7.61. The van der Waals surface area contributed by atoms with Gasteiger partial charge < -0.3 is 19.3 Å². The zero-order valence-electron chi connectivity index (χ0n) is 21.2. The lowest BCUT2D eigenvalue weighted by Gasteiger charge is -2.35. The first-order valence-electron chi connectivity index (χ1n) is 12.7. The molecule has 1 N–H and O–H groups in total. The first kappa shape index (κ1) is 26.9. The van der Waals surface area contributed by atoms with E-state index in [2.05, 4.69) is 0 Å². The van der Waals surface area contributed by atoms with E-state index in [9.17, 15) is 23.5 Å². The van der Waals surface area contributed by atoms with E-state index in [4.69, 9.17) is 16.3 Å². The van der Waals surface area contributed by atoms with Gasteiger partial charge in [-0.2, -0.15) is 0 Å². The van der Waals surface area contributed by atoms with Gasteiger partial charge in [-0.1, -0.05) is 17.7 Å². The second-order valence-electron chi connectivity index (χ2n) is 11.3. The molecule has 1 saturated carbocycles. The Labute approximate surface area is 215 Å². The Morgan fingerprint density at radius 1 is 1.19 bits per heavy atom. The largest absolute Gasteiger partial charge is 0.444 e. The number of halogens is 3. The highest BCUT2D eigenvalue weighted by molar-refractivity contribution is 6.37. The molecular weight excluding hydrogens is 490 g/mol. The number of carbonyl (C=O) groups is 2. The van der Waals surface area contributed by atoms with Crippen molar-refractivity contribution in [2.45, 2.75) is 102 Å². The predicted molar refractivity (Wildman–Crippen MR) is 135 cm³/mol. The monoisotopic (exact) mass is 524 g/mol. The van der Waals surface area contributed by atoms with E-state index in [-0.39, 0.29) is 56.4 Å². The number of aliphatic hydroxyl groups is 1. The zero-order valence-corrected chi connectivity index (χ0v) is 21.9. The maximum absolute atomic E-state index is 13.5.